The van der Waals surface area contributed by atoms with Gasteiger partial charge in [-0.3, -0.25) is 9.48 Å². The van der Waals surface area contributed by atoms with Gasteiger partial charge < -0.3 is 4.74 Å². The van der Waals surface area contributed by atoms with Crippen LogP contribution in [0.4, 0.5) is 13.2 Å². The number of allylic oxidation sites excluding steroid dienone is 1. The molecule has 32 heavy (non-hydrogen) atoms. The number of benzene rings is 1. The van der Waals surface area contributed by atoms with Gasteiger partial charge in [-0.2, -0.15) is 18.3 Å². The van der Waals surface area contributed by atoms with E-state index in [1.807, 2.05) is 0 Å². The highest BCUT2D eigenvalue weighted by atomic mass is 32.2. The van der Waals surface area contributed by atoms with Crippen LogP contribution >= 0.6 is 0 Å². The lowest BCUT2D eigenvalue weighted by Gasteiger charge is -2.24. The van der Waals surface area contributed by atoms with Crippen LogP contribution in [0.5, 0.6) is 0 Å². The van der Waals surface area contributed by atoms with E-state index in [4.69, 9.17) is 4.74 Å². The number of alkyl halides is 3. The number of nitrogens with zero attached hydrogens (tertiary/aromatic N) is 2. The van der Waals surface area contributed by atoms with E-state index in [1.165, 1.54) is 23.9 Å². The van der Waals surface area contributed by atoms with E-state index in [-0.39, 0.29) is 18.7 Å². The van der Waals surface area contributed by atoms with Crippen molar-refractivity contribution in [2.75, 3.05) is 6.61 Å². The summed E-state index contributed by atoms with van der Waals surface area (Å²) >= 11 is 0. The van der Waals surface area contributed by atoms with Crippen LogP contribution in [0.15, 0.2) is 35.9 Å². The van der Waals surface area contributed by atoms with Gasteiger partial charge in [0.25, 0.3) is 0 Å². The Morgan fingerprint density at radius 1 is 1.34 bits per heavy atom. The Balaban J connectivity index is 1.92. The van der Waals surface area contributed by atoms with Crippen molar-refractivity contribution in [3.8, 4) is 0 Å². The lowest BCUT2D eigenvalue weighted by Crippen LogP contribution is -2.31. The maximum atomic E-state index is 13.3. The highest BCUT2D eigenvalue weighted by Gasteiger charge is 2.34. The summed E-state index contributed by atoms with van der Waals surface area (Å²) < 4.78 is 74.9. The molecule has 2 aromatic rings. The lowest BCUT2D eigenvalue weighted by molar-refractivity contribution is -0.144. The molecule has 0 aliphatic heterocycles. The molecule has 1 aliphatic carbocycles. The van der Waals surface area contributed by atoms with Crippen molar-refractivity contribution in [1.29, 1.82) is 0 Å². The fourth-order valence-corrected chi connectivity index (χ4v) is 4.95. The third-order valence-electron chi connectivity index (χ3n) is 5.18. The van der Waals surface area contributed by atoms with Crippen LogP contribution in [-0.4, -0.2) is 30.8 Å². The van der Waals surface area contributed by atoms with Gasteiger partial charge in [-0.1, -0.05) is 12.2 Å². The molecule has 1 unspecified atom stereocenters. The molecule has 11 heteroatoms. The number of esters is 1. The van der Waals surface area contributed by atoms with Crippen molar-refractivity contribution in [2.24, 2.45) is 0 Å². The number of carbonyl (C=O) groups is 1. The zero-order valence-corrected chi connectivity index (χ0v) is 18.5. The number of fused-ring (bicyclic) bond motifs is 1. The smallest absolute Gasteiger partial charge is 0.416 e. The number of hydrogen-bond acceptors (Lipinski definition) is 5. The number of rotatable bonds is 7. The Kier molecular flexibility index (Phi) is 6.80. The first kappa shape index (κ1) is 24.0. The van der Waals surface area contributed by atoms with Crippen molar-refractivity contribution in [3.05, 3.63) is 53.4 Å². The fraction of sp³-hybridized carbons (Fsp3) is 0.429. The number of hydrogen-bond donors (Lipinski definition) is 1. The maximum absolute atomic E-state index is 13.3. The van der Waals surface area contributed by atoms with Crippen LogP contribution in [0, 0.1) is 0 Å². The first-order valence-electron chi connectivity index (χ1n) is 10.0. The summed E-state index contributed by atoms with van der Waals surface area (Å²) in [6.07, 6.45) is -1.57. The molecule has 174 valence electrons. The van der Waals surface area contributed by atoms with Crippen molar-refractivity contribution in [2.45, 2.75) is 56.8 Å². The molecule has 1 aliphatic rings. The second-order valence-corrected chi connectivity index (χ2v) is 9.31. The Morgan fingerprint density at radius 3 is 2.69 bits per heavy atom. The topological polar surface area (TPSA) is 90.3 Å². The van der Waals surface area contributed by atoms with E-state index in [1.54, 1.807) is 6.92 Å². The average molecular weight is 472 g/mol. The van der Waals surface area contributed by atoms with Crippen molar-refractivity contribution >= 4 is 21.6 Å². The minimum absolute atomic E-state index is 0.0896. The quantitative estimate of drug-likeness (QED) is 0.620. The van der Waals surface area contributed by atoms with Gasteiger partial charge in [0.15, 0.2) is 0 Å². The van der Waals surface area contributed by atoms with Crippen LogP contribution in [0.25, 0.3) is 5.57 Å². The molecular formula is C21H24F3N3O4S. The minimum Gasteiger partial charge on any atom is -0.465 e. The maximum Gasteiger partial charge on any atom is 0.416 e. The zero-order chi connectivity index (χ0) is 23.7. The van der Waals surface area contributed by atoms with E-state index < -0.39 is 38.7 Å². The molecule has 1 atom stereocenters. The van der Waals surface area contributed by atoms with E-state index in [0.717, 1.165) is 6.07 Å². The molecule has 0 fully saturated rings. The summed E-state index contributed by atoms with van der Waals surface area (Å²) in [5, 5.41) is 4.18. The van der Waals surface area contributed by atoms with E-state index in [9.17, 15) is 26.4 Å². The predicted octanol–water partition coefficient (Wildman–Crippen LogP) is 3.85. The summed E-state index contributed by atoms with van der Waals surface area (Å²) in [6.45, 7) is 6.95. The Bertz CT molecular complexity index is 1140. The monoisotopic (exact) mass is 471 g/mol. The number of carbonyl (C=O) groups excluding carboxylic acids is 1. The molecule has 1 N–H and O–H groups in total. The third-order valence-corrected chi connectivity index (χ3v) is 6.63. The number of sulfonamides is 1. The molecular weight excluding hydrogens is 447 g/mol. The summed E-state index contributed by atoms with van der Waals surface area (Å²) in [5.74, 6) is -0.461. The molecule has 0 saturated heterocycles. The van der Waals surface area contributed by atoms with E-state index >= 15 is 0 Å². The molecule has 1 aromatic carbocycles. The lowest BCUT2D eigenvalue weighted by atomic mass is 9.94. The molecule has 1 heterocycles. The van der Waals surface area contributed by atoms with Gasteiger partial charge in [0.1, 0.15) is 6.54 Å². The highest BCUT2D eigenvalue weighted by molar-refractivity contribution is 7.89. The van der Waals surface area contributed by atoms with Gasteiger partial charge in [0.05, 0.1) is 29.3 Å². The highest BCUT2D eigenvalue weighted by Crippen LogP contribution is 2.35. The van der Waals surface area contributed by atoms with Crippen LogP contribution < -0.4 is 4.72 Å². The van der Waals surface area contributed by atoms with Gasteiger partial charge in [0, 0.05) is 11.3 Å². The molecule has 0 saturated carbocycles. The van der Waals surface area contributed by atoms with Crippen molar-refractivity contribution in [3.63, 3.8) is 0 Å². The first-order chi connectivity index (χ1) is 14.9. The second-order valence-electron chi connectivity index (χ2n) is 7.60. The molecule has 0 radical (unpaired) electrons. The molecule has 7 nitrogen and oxygen atoms in total. The predicted molar refractivity (Wildman–Crippen MR) is 111 cm³/mol. The Labute approximate surface area is 184 Å². The van der Waals surface area contributed by atoms with Gasteiger partial charge >= 0.3 is 12.1 Å². The SMILES string of the molecule is C=C(C)c1cc(C(F)(F)F)cc(S(=O)(=O)NC2CCCc3c2cnn3CC(=O)OCC)c1. The van der Waals surface area contributed by atoms with Gasteiger partial charge in [-0.05, 0) is 56.9 Å². The minimum atomic E-state index is -4.71. The molecule has 0 bridgehead atoms. The third kappa shape index (κ3) is 5.21. The van der Waals surface area contributed by atoms with Crippen LogP contribution in [0.3, 0.4) is 0 Å². The zero-order valence-electron chi connectivity index (χ0n) is 17.7. The van der Waals surface area contributed by atoms with Gasteiger partial charge in [-0.25, -0.2) is 13.1 Å². The summed E-state index contributed by atoms with van der Waals surface area (Å²) in [4.78, 5) is 11.3. The second kappa shape index (κ2) is 9.07. The van der Waals surface area contributed by atoms with E-state index in [2.05, 4.69) is 16.4 Å². The van der Waals surface area contributed by atoms with Gasteiger partial charge in [-0.15, -0.1) is 0 Å². The van der Waals surface area contributed by atoms with Crippen LogP contribution in [0.2, 0.25) is 0 Å². The molecule has 3 rings (SSSR count). The number of nitrogens with one attached hydrogen (secondary N) is 1. The molecule has 0 amide bonds. The summed E-state index contributed by atoms with van der Waals surface area (Å²) in [6, 6.07) is 1.98. The largest absolute Gasteiger partial charge is 0.465 e. The fourth-order valence-electron chi connectivity index (χ4n) is 3.63. The number of aromatic nitrogens is 2. The number of halogens is 3. The first-order valence-corrected chi connectivity index (χ1v) is 11.5. The van der Waals surface area contributed by atoms with Crippen LogP contribution in [0.1, 0.15) is 55.1 Å². The summed E-state index contributed by atoms with van der Waals surface area (Å²) in [5.41, 5.74) is 0.629. The normalized spacial score (nSPS) is 16.5. The van der Waals surface area contributed by atoms with Crippen molar-refractivity contribution < 1.29 is 31.1 Å². The van der Waals surface area contributed by atoms with Crippen LogP contribution in [-0.2, 0) is 38.7 Å². The Morgan fingerprint density at radius 2 is 2.06 bits per heavy atom. The van der Waals surface area contributed by atoms with Crippen molar-refractivity contribution in [1.82, 2.24) is 14.5 Å². The average Bonchev–Trinajstić information content (AvgIpc) is 3.10. The molecule has 0 spiro atoms. The van der Waals surface area contributed by atoms with Gasteiger partial charge in [0.2, 0.25) is 10.0 Å². The summed E-state index contributed by atoms with van der Waals surface area (Å²) in [7, 11) is -4.28. The number of ether oxygens (including phenoxy) is 1. The Hall–Kier alpha value is -2.66. The standard InChI is InChI=1S/C21H24F3N3O4S/c1-4-31-20(28)12-27-19-7-5-6-18(17(19)11-25-27)26-32(29,30)16-9-14(13(2)3)8-15(10-16)21(22,23)24/h8-11,18,26H,2,4-7,12H2,1,3H3. The molecule has 1 aromatic heterocycles. The van der Waals surface area contributed by atoms with E-state index in [0.29, 0.717) is 42.2 Å².